The molecule has 0 spiro atoms. The first-order valence-corrected chi connectivity index (χ1v) is 5.67. The molecule has 1 aromatic carbocycles. The summed E-state index contributed by atoms with van der Waals surface area (Å²) in [4.78, 5) is 4.24. The Morgan fingerprint density at radius 3 is 2.81 bits per heavy atom. The summed E-state index contributed by atoms with van der Waals surface area (Å²) in [5, 5.41) is 12.5. The van der Waals surface area contributed by atoms with Gasteiger partial charge in [-0.25, -0.2) is 0 Å². The lowest BCUT2D eigenvalue weighted by Crippen LogP contribution is -2.00. The maximum Gasteiger partial charge on any atom is 0.117 e. The fourth-order valence-electron chi connectivity index (χ4n) is 1.32. The lowest BCUT2D eigenvalue weighted by Gasteiger charge is -2.06. The van der Waals surface area contributed by atoms with E-state index in [1.807, 2.05) is 18.2 Å². The van der Waals surface area contributed by atoms with Crippen LogP contribution in [0.5, 0.6) is 5.75 Å². The molecule has 0 aliphatic carbocycles. The third kappa shape index (κ3) is 2.97. The summed E-state index contributed by atoms with van der Waals surface area (Å²) in [6.07, 6.45) is 1.76. The number of aromatic hydroxyl groups is 1. The highest BCUT2D eigenvalue weighted by Gasteiger charge is 1.96. The molecule has 4 heteroatoms. The predicted octanol–water partition coefficient (Wildman–Crippen LogP) is 3.16. The molecule has 2 N–H and O–H groups in total. The van der Waals surface area contributed by atoms with Crippen LogP contribution in [-0.2, 0) is 6.54 Å². The number of benzene rings is 1. The summed E-state index contributed by atoms with van der Waals surface area (Å²) in [6, 6.07) is 10.9. The Labute approximate surface area is 102 Å². The second-order valence-corrected chi connectivity index (χ2v) is 4.29. The zero-order valence-electron chi connectivity index (χ0n) is 8.52. The monoisotopic (exact) mass is 278 g/mol. The fourth-order valence-corrected chi connectivity index (χ4v) is 1.55. The molecule has 0 saturated carbocycles. The van der Waals surface area contributed by atoms with Gasteiger partial charge >= 0.3 is 0 Å². The van der Waals surface area contributed by atoms with Gasteiger partial charge in [-0.2, -0.15) is 0 Å². The normalized spacial score (nSPS) is 10.1. The number of hydrogen-bond acceptors (Lipinski definition) is 3. The van der Waals surface area contributed by atoms with Gasteiger partial charge in [0, 0.05) is 22.4 Å². The predicted molar refractivity (Wildman–Crippen MR) is 67.4 cm³/mol. The van der Waals surface area contributed by atoms with Gasteiger partial charge in [-0.1, -0.05) is 6.07 Å². The van der Waals surface area contributed by atoms with Crippen LogP contribution in [-0.4, -0.2) is 10.1 Å². The Balaban J connectivity index is 1.99. The van der Waals surface area contributed by atoms with Crippen LogP contribution in [0.15, 0.2) is 47.1 Å². The number of anilines is 1. The Morgan fingerprint density at radius 2 is 2.12 bits per heavy atom. The van der Waals surface area contributed by atoms with Crippen LogP contribution in [0.1, 0.15) is 5.69 Å². The van der Waals surface area contributed by atoms with E-state index in [-0.39, 0.29) is 5.75 Å². The van der Waals surface area contributed by atoms with Crippen molar-refractivity contribution in [1.82, 2.24) is 4.98 Å². The molecule has 0 radical (unpaired) electrons. The molecule has 1 heterocycles. The molecule has 0 saturated heterocycles. The summed E-state index contributed by atoms with van der Waals surface area (Å²) < 4.78 is 0.966. The largest absolute Gasteiger partial charge is 0.508 e. The average molecular weight is 279 g/mol. The summed E-state index contributed by atoms with van der Waals surface area (Å²) in [6.45, 7) is 0.636. The highest BCUT2D eigenvalue weighted by Crippen LogP contribution is 2.16. The molecule has 0 fully saturated rings. The molecule has 16 heavy (non-hydrogen) atoms. The van der Waals surface area contributed by atoms with Crippen molar-refractivity contribution in [2.24, 2.45) is 0 Å². The standard InChI is InChI=1S/C12H11BrN2O/c13-9-4-5-11(14-7-9)8-15-10-2-1-3-12(16)6-10/h1-7,15-16H,8H2. The molecular weight excluding hydrogens is 268 g/mol. The minimum atomic E-state index is 0.258. The van der Waals surface area contributed by atoms with Gasteiger partial charge in [-0.3, -0.25) is 4.98 Å². The minimum Gasteiger partial charge on any atom is -0.508 e. The number of nitrogens with one attached hydrogen (secondary N) is 1. The molecule has 2 rings (SSSR count). The molecule has 0 aliphatic rings. The number of halogens is 1. The molecule has 0 amide bonds. The molecule has 0 aliphatic heterocycles. The van der Waals surface area contributed by atoms with Gasteiger partial charge in [0.1, 0.15) is 5.75 Å². The maximum atomic E-state index is 9.28. The van der Waals surface area contributed by atoms with E-state index in [1.54, 1.807) is 24.4 Å². The van der Waals surface area contributed by atoms with E-state index in [1.165, 1.54) is 0 Å². The van der Waals surface area contributed by atoms with Gasteiger partial charge in [0.15, 0.2) is 0 Å². The molecule has 2 aromatic rings. The lowest BCUT2D eigenvalue weighted by atomic mass is 10.3. The molecule has 0 atom stereocenters. The number of hydrogen-bond donors (Lipinski definition) is 2. The van der Waals surface area contributed by atoms with Crippen LogP contribution in [0, 0.1) is 0 Å². The maximum absolute atomic E-state index is 9.28. The quantitative estimate of drug-likeness (QED) is 0.907. The molecule has 1 aromatic heterocycles. The summed E-state index contributed by atoms with van der Waals surface area (Å²) >= 11 is 3.34. The Bertz CT molecular complexity index is 471. The van der Waals surface area contributed by atoms with Crippen LogP contribution in [0.3, 0.4) is 0 Å². The lowest BCUT2D eigenvalue weighted by molar-refractivity contribution is 0.475. The Hall–Kier alpha value is -1.55. The minimum absolute atomic E-state index is 0.258. The first-order valence-electron chi connectivity index (χ1n) is 4.87. The third-order valence-corrected chi connectivity index (χ3v) is 2.58. The van der Waals surface area contributed by atoms with Crippen molar-refractivity contribution in [3.05, 3.63) is 52.8 Å². The van der Waals surface area contributed by atoms with Crippen molar-refractivity contribution in [1.29, 1.82) is 0 Å². The highest BCUT2D eigenvalue weighted by molar-refractivity contribution is 9.10. The van der Waals surface area contributed by atoms with Crippen LogP contribution < -0.4 is 5.32 Å². The molecule has 3 nitrogen and oxygen atoms in total. The van der Waals surface area contributed by atoms with Crippen molar-refractivity contribution in [2.45, 2.75) is 6.54 Å². The van der Waals surface area contributed by atoms with E-state index in [0.717, 1.165) is 15.9 Å². The topological polar surface area (TPSA) is 45.1 Å². The van der Waals surface area contributed by atoms with Gasteiger partial charge in [-0.15, -0.1) is 0 Å². The van der Waals surface area contributed by atoms with Crippen LogP contribution in [0.25, 0.3) is 0 Å². The number of nitrogens with zero attached hydrogens (tertiary/aromatic N) is 1. The van der Waals surface area contributed by atoms with Gasteiger partial charge < -0.3 is 10.4 Å². The number of rotatable bonds is 3. The van der Waals surface area contributed by atoms with Crippen molar-refractivity contribution in [3.8, 4) is 5.75 Å². The molecular formula is C12H11BrN2O. The van der Waals surface area contributed by atoms with E-state index < -0.39 is 0 Å². The molecule has 0 unspecified atom stereocenters. The summed E-state index contributed by atoms with van der Waals surface area (Å²) in [5.41, 5.74) is 1.83. The SMILES string of the molecule is Oc1cccc(NCc2ccc(Br)cn2)c1. The van der Waals surface area contributed by atoms with Crippen molar-refractivity contribution in [3.63, 3.8) is 0 Å². The second kappa shape index (κ2) is 4.99. The van der Waals surface area contributed by atoms with Gasteiger partial charge in [-0.05, 0) is 40.2 Å². The van der Waals surface area contributed by atoms with E-state index in [4.69, 9.17) is 0 Å². The summed E-state index contributed by atoms with van der Waals surface area (Å²) in [5.74, 6) is 0.258. The van der Waals surface area contributed by atoms with E-state index in [2.05, 4.69) is 26.2 Å². The van der Waals surface area contributed by atoms with Crippen molar-refractivity contribution >= 4 is 21.6 Å². The third-order valence-electron chi connectivity index (χ3n) is 2.11. The Kier molecular flexibility index (Phi) is 3.41. The average Bonchev–Trinajstić information content (AvgIpc) is 2.28. The van der Waals surface area contributed by atoms with E-state index in [0.29, 0.717) is 6.54 Å². The van der Waals surface area contributed by atoms with Crippen LogP contribution in [0.2, 0.25) is 0 Å². The summed E-state index contributed by atoms with van der Waals surface area (Å²) in [7, 11) is 0. The molecule has 82 valence electrons. The van der Waals surface area contributed by atoms with Crippen molar-refractivity contribution < 1.29 is 5.11 Å². The number of phenols is 1. The van der Waals surface area contributed by atoms with Gasteiger partial charge in [0.25, 0.3) is 0 Å². The highest BCUT2D eigenvalue weighted by atomic mass is 79.9. The van der Waals surface area contributed by atoms with Crippen LogP contribution in [0.4, 0.5) is 5.69 Å². The second-order valence-electron chi connectivity index (χ2n) is 3.37. The zero-order chi connectivity index (χ0) is 11.4. The Morgan fingerprint density at radius 1 is 1.25 bits per heavy atom. The van der Waals surface area contributed by atoms with Crippen molar-refractivity contribution in [2.75, 3.05) is 5.32 Å². The number of pyridine rings is 1. The van der Waals surface area contributed by atoms with Gasteiger partial charge in [0.05, 0.1) is 12.2 Å². The first-order chi connectivity index (χ1) is 7.74. The number of aromatic nitrogens is 1. The van der Waals surface area contributed by atoms with Crippen LogP contribution >= 0.6 is 15.9 Å². The van der Waals surface area contributed by atoms with E-state index >= 15 is 0 Å². The fraction of sp³-hybridized carbons (Fsp3) is 0.0833. The smallest absolute Gasteiger partial charge is 0.117 e. The first kappa shape index (κ1) is 11.0. The molecule has 0 bridgehead atoms. The number of phenolic OH excluding ortho intramolecular Hbond substituents is 1. The zero-order valence-corrected chi connectivity index (χ0v) is 10.1. The van der Waals surface area contributed by atoms with Gasteiger partial charge in [0.2, 0.25) is 0 Å². The van der Waals surface area contributed by atoms with E-state index in [9.17, 15) is 5.11 Å².